The van der Waals surface area contributed by atoms with Crippen molar-refractivity contribution < 1.29 is 28.2 Å². The van der Waals surface area contributed by atoms with Gasteiger partial charge in [0.25, 0.3) is 5.91 Å². The second kappa shape index (κ2) is 7.83. The number of aliphatic hydroxyl groups is 1. The smallest absolute Gasteiger partial charge is 0.416 e. The summed E-state index contributed by atoms with van der Waals surface area (Å²) in [6.07, 6.45) is -4.56. The van der Waals surface area contributed by atoms with Gasteiger partial charge in [-0.15, -0.1) is 0 Å². The van der Waals surface area contributed by atoms with E-state index in [1.54, 1.807) is 12.1 Å². The van der Waals surface area contributed by atoms with Gasteiger partial charge in [-0.25, -0.2) is 5.43 Å². The zero-order valence-electron chi connectivity index (χ0n) is 16.5. The Morgan fingerprint density at radius 2 is 1.77 bits per heavy atom. The lowest BCUT2D eigenvalue weighted by atomic mass is 10.1. The van der Waals surface area contributed by atoms with Crippen molar-refractivity contribution in [3.8, 4) is 11.6 Å². The lowest BCUT2D eigenvalue weighted by Crippen LogP contribution is -2.22. The highest BCUT2D eigenvalue weighted by Crippen LogP contribution is 2.39. The third-order valence-electron chi connectivity index (χ3n) is 4.59. The molecule has 0 aliphatic carbocycles. The first-order valence-electron chi connectivity index (χ1n) is 9.00. The van der Waals surface area contributed by atoms with Crippen LogP contribution in [0.15, 0.2) is 41.5 Å². The minimum Gasteiger partial charge on any atom is -0.494 e. The molecule has 0 radical (unpaired) electrons. The number of alkyl halides is 3. The van der Waals surface area contributed by atoms with E-state index >= 15 is 0 Å². The molecule has 0 unspecified atom stereocenters. The van der Waals surface area contributed by atoms with Gasteiger partial charge in [-0.1, -0.05) is 12.1 Å². The van der Waals surface area contributed by atoms with Gasteiger partial charge < -0.3 is 10.2 Å². The number of benzene rings is 2. The molecule has 1 amide bonds. The van der Waals surface area contributed by atoms with Crippen molar-refractivity contribution in [2.45, 2.75) is 26.9 Å². The predicted octanol–water partition coefficient (Wildman–Crippen LogP) is 3.80. The van der Waals surface area contributed by atoms with Crippen LogP contribution in [0.4, 0.5) is 13.2 Å². The summed E-state index contributed by atoms with van der Waals surface area (Å²) >= 11 is 0. The predicted molar refractivity (Wildman–Crippen MR) is 107 cm³/mol. The maximum Gasteiger partial charge on any atom is 0.416 e. The summed E-state index contributed by atoms with van der Waals surface area (Å²) < 4.78 is 41.3. The summed E-state index contributed by atoms with van der Waals surface area (Å²) in [5.74, 6) is -1.07. The Morgan fingerprint density at radius 1 is 1.13 bits per heavy atom. The van der Waals surface area contributed by atoms with Gasteiger partial charge in [-0.2, -0.15) is 18.3 Å². The van der Waals surface area contributed by atoms with E-state index in [1.807, 2.05) is 19.9 Å². The van der Waals surface area contributed by atoms with Gasteiger partial charge in [-0.05, 0) is 56.2 Å². The van der Waals surface area contributed by atoms with E-state index in [4.69, 9.17) is 5.11 Å². The van der Waals surface area contributed by atoms with Crippen LogP contribution in [0.5, 0.6) is 5.88 Å². The zero-order valence-corrected chi connectivity index (χ0v) is 16.5. The van der Waals surface area contributed by atoms with E-state index in [1.165, 1.54) is 17.6 Å². The lowest BCUT2D eigenvalue weighted by Gasteiger charge is -2.11. The van der Waals surface area contributed by atoms with E-state index < -0.39 is 24.3 Å². The molecule has 0 aliphatic heterocycles. The number of rotatable bonds is 4. The SMILES string of the molecule is C/C(=N\NC(=O)CO)c1c(O)n(-c2cc(C)cc(C)c2)c2cc(C(F)(F)F)ccc12. The quantitative estimate of drug-likeness (QED) is 0.444. The van der Waals surface area contributed by atoms with Crippen LogP contribution in [-0.2, 0) is 11.0 Å². The second-order valence-electron chi connectivity index (χ2n) is 7.00. The standard InChI is InChI=1S/C21H20F3N3O3/c1-11-6-12(2)8-15(7-11)27-17-9-14(21(22,23)24)4-5-16(17)19(20(27)30)13(3)25-26-18(29)10-28/h4-9,28,30H,10H2,1-3H3,(H,26,29)/b25-13+. The molecule has 3 aromatic rings. The molecule has 9 heteroatoms. The number of fused-ring (bicyclic) bond motifs is 1. The van der Waals surface area contributed by atoms with E-state index in [-0.39, 0.29) is 22.7 Å². The van der Waals surface area contributed by atoms with Crippen molar-refractivity contribution in [2.24, 2.45) is 5.10 Å². The normalized spacial score (nSPS) is 12.4. The Labute approximate surface area is 170 Å². The summed E-state index contributed by atoms with van der Waals surface area (Å²) in [6, 6.07) is 8.56. The van der Waals surface area contributed by atoms with Crippen molar-refractivity contribution in [3.63, 3.8) is 0 Å². The van der Waals surface area contributed by atoms with Crippen molar-refractivity contribution in [1.29, 1.82) is 0 Å². The van der Waals surface area contributed by atoms with Crippen LogP contribution in [0.25, 0.3) is 16.6 Å². The van der Waals surface area contributed by atoms with Crippen molar-refractivity contribution in [2.75, 3.05) is 6.61 Å². The number of aryl methyl sites for hydroxylation is 2. The van der Waals surface area contributed by atoms with Crippen LogP contribution in [0.3, 0.4) is 0 Å². The van der Waals surface area contributed by atoms with Gasteiger partial charge in [0.05, 0.1) is 22.4 Å². The fourth-order valence-corrected chi connectivity index (χ4v) is 3.39. The number of hydrazone groups is 1. The highest BCUT2D eigenvalue weighted by Gasteiger charge is 2.32. The lowest BCUT2D eigenvalue weighted by molar-refractivity contribution is -0.137. The van der Waals surface area contributed by atoms with E-state index in [0.29, 0.717) is 11.1 Å². The molecule has 0 aliphatic rings. The number of aromatic hydroxyl groups is 1. The van der Waals surface area contributed by atoms with Crippen LogP contribution in [-0.4, -0.2) is 33.0 Å². The molecule has 3 N–H and O–H groups in total. The molecular formula is C21H20F3N3O3. The molecule has 1 aromatic heterocycles. The van der Waals surface area contributed by atoms with E-state index in [0.717, 1.165) is 23.3 Å². The van der Waals surface area contributed by atoms with E-state index in [2.05, 4.69) is 10.5 Å². The number of aliphatic hydroxyl groups excluding tert-OH is 1. The Morgan fingerprint density at radius 3 is 2.33 bits per heavy atom. The maximum absolute atomic E-state index is 13.3. The molecule has 1 heterocycles. The highest BCUT2D eigenvalue weighted by atomic mass is 19.4. The number of halogens is 3. The second-order valence-corrected chi connectivity index (χ2v) is 7.00. The first kappa shape index (κ1) is 21.4. The Hall–Kier alpha value is -3.33. The third kappa shape index (κ3) is 4.02. The third-order valence-corrected chi connectivity index (χ3v) is 4.59. The van der Waals surface area contributed by atoms with Gasteiger partial charge in [0.2, 0.25) is 5.88 Å². The number of carbonyl (C=O) groups excluding carboxylic acids is 1. The van der Waals surface area contributed by atoms with Crippen LogP contribution >= 0.6 is 0 Å². The minimum atomic E-state index is -4.56. The summed E-state index contributed by atoms with van der Waals surface area (Å²) in [5.41, 5.74) is 4.00. The zero-order chi connectivity index (χ0) is 22.2. The number of aromatic nitrogens is 1. The first-order valence-corrected chi connectivity index (χ1v) is 9.00. The Bertz CT molecular complexity index is 1140. The molecule has 2 aromatic carbocycles. The molecule has 3 rings (SSSR count). The largest absolute Gasteiger partial charge is 0.494 e. The van der Waals surface area contributed by atoms with E-state index in [9.17, 15) is 23.1 Å². The number of nitrogens with zero attached hydrogens (tertiary/aromatic N) is 2. The van der Waals surface area contributed by atoms with Gasteiger partial charge in [0, 0.05) is 11.1 Å². The number of hydrogen-bond acceptors (Lipinski definition) is 4. The van der Waals surface area contributed by atoms with Gasteiger partial charge in [0.15, 0.2) is 0 Å². The van der Waals surface area contributed by atoms with Crippen LogP contribution in [0.1, 0.15) is 29.2 Å². The molecule has 30 heavy (non-hydrogen) atoms. The van der Waals surface area contributed by atoms with Crippen molar-refractivity contribution >= 4 is 22.5 Å². The summed E-state index contributed by atoms with van der Waals surface area (Å²) in [4.78, 5) is 11.3. The summed E-state index contributed by atoms with van der Waals surface area (Å²) in [7, 11) is 0. The fraction of sp³-hybridized carbons (Fsp3) is 0.238. The summed E-state index contributed by atoms with van der Waals surface area (Å²) in [6.45, 7) is 4.41. The average molecular weight is 419 g/mol. The number of carbonyl (C=O) groups is 1. The molecule has 158 valence electrons. The number of hydrogen-bond donors (Lipinski definition) is 3. The van der Waals surface area contributed by atoms with Crippen LogP contribution < -0.4 is 5.43 Å². The minimum absolute atomic E-state index is 0.144. The molecule has 6 nitrogen and oxygen atoms in total. The monoisotopic (exact) mass is 419 g/mol. The highest BCUT2D eigenvalue weighted by molar-refractivity contribution is 6.13. The molecule has 0 saturated heterocycles. The molecule has 0 bridgehead atoms. The molecule has 0 atom stereocenters. The van der Waals surface area contributed by atoms with Crippen molar-refractivity contribution in [1.82, 2.24) is 9.99 Å². The van der Waals surface area contributed by atoms with Crippen LogP contribution in [0.2, 0.25) is 0 Å². The Balaban J connectivity index is 2.33. The van der Waals surface area contributed by atoms with Gasteiger partial charge in [-0.3, -0.25) is 9.36 Å². The Kier molecular flexibility index (Phi) is 5.58. The molecule has 0 spiro atoms. The number of nitrogens with one attached hydrogen (secondary N) is 1. The number of amides is 1. The first-order chi connectivity index (χ1) is 14.0. The molecule has 0 saturated carbocycles. The molecule has 0 fully saturated rings. The summed E-state index contributed by atoms with van der Waals surface area (Å²) in [5, 5.41) is 24.0. The maximum atomic E-state index is 13.3. The van der Waals surface area contributed by atoms with Gasteiger partial charge >= 0.3 is 6.18 Å². The molecular weight excluding hydrogens is 399 g/mol. The van der Waals surface area contributed by atoms with Crippen LogP contribution in [0, 0.1) is 13.8 Å². The fourth-order valence-electron chi connectivity index (χ4n) is 3.39. The van der Waals surface area contributed by atoms with Gasteiger partial charge in [0.1, 0.15) is 6.61 Å². The van der Waals surface area contributed by atoms with Crippen molar-refractivity contribution in [3.05, 3.63) is 58.7 Å². The average Bonchev–Trinajstić information content (AvgIpc) is 2.95. The topological polar surface area (TPSA) is 86.8 Å².